The Balaban J connectivity index is 1.35. The van der Waals surface area contributed by atoms with Gasteiger partial charge in [0.05, 0.1) is 25.6 Å². The lowest BCUT2D eigenvalue weighted by atomic mass is 9.95. The predicted octanol–water partition coefficient (Wildman–Crippen LogP) is 4.45. The van der Waals surface area contributed by atoms with E-state index in [1.165, 1.54) is 16.7 Å². The van der Waals surface area contributed by atoms with Crippen LogP contribution in [0.15, 0.2) is 47.0 Å². The van der Waals surface area contributed by atoms with Crippen LogP contribution in [0, 0.1) is 19.8 Å². The molecule has 0 radical (unpaired) electrons. The normalized spacial score (nSPS) is 17.5. The van der Waals surface area contributed by atoms with Crippen LogP contribution in [0.25, 0.3) is 11.4 Å². The fourth-order valence-electron chi connectivity index (χ4n) is 4.42. The zero-order valence-electron chi connectivity index (χ0n) is 19.8. The van der Waals surface area contributed by atoms with Gasteiger partial charge in [-0.05, 0) is 75.5 Å². The first-order valence-electron chi connectivity index (χ1n) is 11.5. The van der Waals surface area contributed by atoms with Gasteiger partial charge in [0, 0.05) is 12.1 Å². The second kappa shape index (κ2) is 10.2. The molecule has 2 atom stereocenters. The number of aromatic nitrogens is 2. The van der Waals surface area contributed by atoms with Crippen LogP contribution in [0.5, 0.6) is 5.75 Å². The average molecular weight is 449 g/mol. The fourth-order valence-corrected chi connectivity index (χ4v) is 4.42. The molecule has 0 saturated carbocycles. The smallest absolute Gasteiger partial charge is 0.241 e. The van der Waals surface area contributed by atoms with Gasteiger partial charge in [-0.3, -0.25) is 9.69 Å². The molecule has 2 aromatic carbocycles. The number of carbonyl (C=O) groups is 1. The molecule has 1 aliphatic rings. The minimum absolute atomic E-state index is 0.0178. The average Bonchev–Trinajstić information content (AvgIpc) is 3.29. The molecule has 1 saturated heterocycles. The van der Waals surface area contributed by atoms with Gasteiger partial charge in [0.15, 0.2) is 0 Å². The van der Waals surface area contributed by atoms with E-state index in [2.05, 4.69) is 59.3 Å². The lowest BCUT2D eigenvalue weighted by Crippen LogP contribution is -2.43. The first-order valence-corrected chi connectivity index (χ1v) is 11.5. The number of piperidine rings is 1. The number of carbonyl (C=O) groups excluding carboxylic acids is 1. The Labute approximate surface area is 195 Å². The summed E-state index contributed by atoms with van der Waals surface area (Å²) in [5.41, 5.74) is 4.45. The van der Waals surface area contributed by atoms with Gasteiger partial charge >= 0.3 is 0 Å². The van der Waals surface area contributed by atoms with Crippen LogP contribution in [-0.2, 0) is 11.3 Å². The SMILES string of the molecule is COc1ccc(-c2noc(CN3CCCC(C(=O)NC(C)c4cc(C)ccc4C)C3)n2)cc1. The van der Waals surface area contributed by atoms with Gasteiger partial charge in [-0.15, -0.1) is 0 Å². The van der Waals surface area contributed by atoms with Gasteiger partial charge in [0.2, 0.25) is 17.6 Å². The van der Waals surface area contributed by atoms with Gasteiger partial charge in [-0.1, -0.05) is 28.9 Å². The van der Waals surface area contributed by atoms with E-state index in [0.29, 0.717) is 24.8 Å². The zero-order valence-corrected chi connectivity index (χ0v) is 19.8. The van der Waals surface area contributed by atoms with E-state index < -0.39 is 0 Å². The molecule has 7 heteroatoms. The Bertz CT molecular complexity index is 1090. The molecule has 2 unspecified atom stereocenters. The van der Waals surface area contributed by atoms with E-state index in [1.54, 1.807) is 7.11 Å². The topological polar surface area (TPSA) is 80.5 Å². The molecular weight excluding hydrogens is 416 g/mol. The summed E-state index contributed by atoms with van der Waals surface area (Å²) in [6.45, 7) is 8.36. The van der Waals surface area contributed by atoms with Crippen LogP contribution < -0.4 is 10.1 Å². The monoisotopic (exact) mass is 448 g/mol. The highest BCUT2D eigenvalue weighted by atomic mass is 16.5. The summed E-state index contributed by atoms with van der Waals surface area (Å²) >= 11 is 0. The minimum atomic E-state index is -0.0460. The van der Waals surface area contributed by atoms with E-state index >= 15 is 0 Å². The van der Waals surface area contributed by atoms with Crippen molar-refractivity contribution in [2.45, 2.75) is 46.2 Å². The third kappa shape index (κ3) is 5.60. The lowest BCUT2D eigenvalue weighted by Gasteiger charge is -2.31. The number of hydrogen-bond donors (Lipinski definition) is 1. The van der Waals surface area contributed by atoms with Gasteiger partial charge in [-0.25, -0.2) is 0 Å². The van der Waals surface area contributed by atoms with E-state index in [9.17, 15) is 4.79 Å². The summed E-state index contributed by atoms with van der Waals surface area (Å²) in [5, 5.41) is 7.34. The molecule has 2 heterocycles. The first kappa shape index (κ1) is 23.0. The molecule has 4 rings (SSSR count). The molecule has 1 aliphatic heterocycles. The molecular formula is C26H32N4O3. The number of hydrogen-bond acceptors (Lipinski definition) is 6. The van der Waals surface area contributed by atoms with Gasteiger partial charge < -0.3 is 14.6 Å². The Morgan fingerprint density at radius 3 is 2.79 bits per heavy atom. The largest absolute Gasteiger partial charge is 0.497 e. The molecule has 0 bridgehead atoms. The first-order chi connectivity index (χ1) is 15.9. The van der Waals surface area contributed by atoms with Crippen molar-refractivity contribution in [2.24, 2.45) is 5.92 Å². The van der Waals surface area contributed by atoms with Crippen molar-refractivity contribution in [3.8, 4) is 17.1 Å². The molecule has 3 aromatic rings. The van der Waals surface area contributed by atoms with Crippen LogP contribution in [0.1, 0.15) is 48.4 Å². The molecule has 33 heavy (non-hydrogen) atoms. The quantitative estimate of drug-likeness (QED) is 0.575. The summed E-state index contributed by atoms with van der Waals surface area (Å²) in [6.07, 6.45) is 1.86. The minimum Gasteiger partial charge on any atom is -0.497 e. The molecule has 7 nitrogen and oxygen atoms in total. The Morgan fingerprint density at radius 2 is 2.03 bits per heavy atom. The van der Waals surface area contributed by atoms with Crippen LogP contribution in [-0.4, -0.2) is 41.1 Å². The Hall–Kier alpha value is -3.19. The molecule has 1 fully saturated rings. The number of ether oxygens (including phenoxy) is 1. The maximum absolute atomic E-state index is 13.0. The summed E-state index contributed by atoms with van der Waals surface area (Å²) in [4.78, 5) is 19.8. The number of likely N-dealkylation sites (tertiary alicyclic amines) is 1. The van der Waals surface area contributed by atoms with Crippen molar-refractivity contribution in [3.05, 3.63) is 65.0 Å². The summed E-state index contributed by atoms with van der Waals surface area (Å²) in [6, 6.07) is 13.9. The van der Waals surface area contributed by atoms with Gasteiger partial charge in [0.1, 0.15) is 5.75 Å². The van der Waals surface area contributed by atoms with Crippen molar-refractivity contribution in [1.29, 1.82) is 0 Å². The number of nitrogens with one attached hydrogen (secondary N) is 1. The van der Waals surface area contributed by atoms with Crippen LogP contribution in [0.3, 0.4) is 0 Å². The fraction of sp³-hybridized carbons (Fsp3) is 0.423. The number of methoxy groups -OCH3 is 1. The summed E-state index contributed by atoms with van der Waals surface area (Å²) < 4.78 is 10.7. The predicted molar refractivity (Wildman–Crippen MR) is 127 cm³/mol. The molecule has 1 aromatic heterocycles. The van der Waals surface area contributed by atoms with Crippen molar-refractivity contribution in [1.82, 2.24) is 20.4 Å². The number of nitrogens with zero attached hydrogens (tertiary/aromatic N) is 3. The molecule has 0 aliphatic carbocycles. The number of rotatable bonds is 7. The van der Waals surface area contributed by atoms with Crippen LogP contribution in [0.4, 0.5) is 0 Å². The third-order valence-corrected chi connectivity index (χ3v) is 6.31. The number of amides is 1. The summed E-state index contributed by atoms with van der Waals surface area (Å²) in [7, 11) is 1.64. The van der Waals surface area contributed by atoms with Crippen molar-refractivity contribution in [2.75, 3.05) is 20.2 Å². The second-order valence-electron chi connectivity index (χ2n) is 8.90. The Morgan fingerprint density at radius 1 is 1.24 bits per heavy atom. The second-order valence-corrected chi connectivity index (χ2v) is 8.90. The van der Waals surface area contributed by atoms with E-state index in [4.69, 9.17) is 9.26 Å². The zero-order chi connectivity index (χ0) is 23.4. The van der Waals surface area contributed by atoms with Crippen molar-refractivity contribution in [3.63, 3.8) is 0 Å². The highest BCUT2D eigenvalue weighted by Crippen LogP contribution is 2.24. The van der Waals surface area contributed by atoms with Crippen molar-refractivity contribution >= 4 is 5.91 Å². The maximum atomic E-state index is 13.0. The van der Waals surface area contributed by atoms with Gasteiger partial charge in [0.25, 0.3) is 0 Å². The third-order valence-electron chi connectivity index (χ3n) is 6.31. The van der Waals surface area contributed by atoms with E-state index in [0.717, 1.165) is 30.7 Å². The highest BCUT2D eigenvalue weighted by Gasteiger charge is 2.28. The Kier molecular flexibility index (Phi) is 7.08. The van der Waals surface area contributed by atoms with E-state index in [1.807, 2.05) is 24.3 Å². The molecule has 1 amide bonds. The standard InChI is InChI=1S/C26H32N4O3/c1-17-7-8-18(2)23(14-17)19(3)27-26(31)21-6-5-13-30(15-21)16-24-28-25(29-33-24)20-9-11-22(32-4)12-10-20/h7-12,14,19,21H,5-6,13,15-16H2,1-4H3,(H,27,31). The van der Waals surface area contributed by atoms with Crippen LogP contribution in [0.2, 0.25) is 0 Å². The van der Waals surface area contributed by atoms with E-state index in [-0.39, 0.29) is 17.9 Å². The molecule has 1 N–H and O–H groups in total. The molecule has 0 spiro atoms. The number of aryl methyl sites for hydroxylation is 2. The number of benzene rings is 2. The van der Waals surface area contributed by atoms with Crippen LogP contribution >= 0.6 is 0 Å². The summed E-state index contributed by atoms with van der Waals surface area (Å²) in [5.74, 6) is 1.96. The molecule has 174 valence electrons. The van der Waals surface area contributed by atoms with Gasteiger partial charge in [-0.2, -0.15) is 4.98 Å². The lowest BCUT2D eigenvalue weighted by molar-refractivity contribution is -0.127. The van der Waals surface area contributed by atoms with Crippen molar-refractivity contribution < 1.29 is 14.1 Å². The maximum Gasteiger partial charge on any atom is 0.241 e. The highest BCUT2D eigenvalue weighted by molar-refractivity contribution is 5.79.